The third-order valence-electron chi connectivity index (χ3n) is 6.27. The highest BCUT2D eigenvalue weighted by Crippen LogP contribution is 2.39. The van der Waals surface area contributed by atoms with Crippen molar-refractivity contribution in [3.63, 3.8) is 0 Å². The molecule has 2 aliphatic rings. The zero-order valence-corrected chi connectivity index (χ0v) is 16.8. The fraction of sp³-hybridized carbons (Fsp3) is 0.269. The summed E-state index contributed by atoms with van der Waals surface area (Å²) in [7, 11) is 0. The molecule has 3 aromatic rings. The number of hydrogen-bond acceptors (Lipinski definition) is 2. The molecule has 1 saturated heterocycles. The van der Waals surface area contributed by atoms with Gasteiger partial charge in [-0.05, 0) is 53.8 Å². The van der Waals surface area contributed by atoms with Crippen molar-refractivity contribution in [3.8, 4) is 0 Å². The van der Waals surface area contributed by atoms with Gasteiger partial charge in [-0.25, -0.2) is 9.18 Å². The van der Waals surface area contributed by atoms with E-state index in [1.807, 2.05) is 65.6 Å². The molecule has 2 atom stereocenters. The summed E-state index contributed by atoms with van der Waals surface area (Å²) in [5.74, 6) is -0.197. The minimum atomic E-state index is -0.243. The van der Waals surface area contributed by atoms with Gasteiger partial charge in [-0.3, -0.25) is 4.90 Å². The Labute approximate surface area is 175 Å². The fourth-order valence-corrected chi connectivity index (χ4v) is 4.85. The van der Waals surface area contributed by atoms with Gasteiger partial charge in [0.1, 0.15) is 12.4 Å². The minimum Gasteiger partial charge on any atom is -0.445 e. The highest BCUT2D eigenvalue weighted by molar-refractivity contribution is 5.94. The molecule has 0 radical (unpaired) electrons. The van der Waals surface area contributed by atoms with Gasteiger partial charge in [0.05, 0.1) is 6.04 Å². The van der Waals surface area contributed by atoms with Crippen LogP contribution < -0.4 is 0 Å². The summed E-state index contributed by atoms with van der Waals surface area (Å²) >= 11 is 0. The van der Waals surface area contributed by atoms with E-state index in [-0.39, 0.29) is 30.6 Å². The van der Waals surface area contributed by atoms with Crippen LogP contribution >= 0.6 is 0 Å². The molecule has 0 aromatic heterocycles. The van der Waals surface area contributed by atoms with Crippen LogP contribution in [0.2, 0.25) is 0 Å². The van der Waals surface area contributed by atoms with Crippen LogP contribution in [0.25, 0.3) is 16.3 Å². The predicted molar refractivity (Wildman–Crippen MR) is 116 cm³/mol. The van der Waals surface area contributed by atoms with E-state index in [0.29, 0.717) is 5.39 Å². The lowest BCUT2D eigenvalue weighted by atomic mass is 9.82. The maximum Gasteiger partial charge on any atom is 0.410 e. The third-order valence-corrected chi connectivity index (χ3v) is 6.27. The second kappa shape index (κ2) is 7.94. The maximum atomic E-state index is 14.3. The fourth-order valence-electron chi connectivity index (χ4n) is 4.85. The third kappa shape index (κ3) is 3.47. The zero-order valence-electron chi connectivity index (χ0n) is 16.8. The first-order valence-corrected chi connectivity index (χ1v) is 10.6. The molecule has 2 heterocycles. The van der Waals surface area contributed by atoms with E-state index in [1.54, 1.807) is 6.07 Å². The second-order valence-electron chi connectivity index (χ2n) is 8.14. The van der Waals surface area contributed by atoms with Crippen molar-refractivity contribution in [1.82, 2.24) is 4.90 Å². The molecular weight excluding hydrogens is 377 g/mol. The highest BCUT2D eigenvalue weighted by atomic mass is 19.1. The quantitative estimate of drug-likeness (QED) is 0.513. The van der Waals surface area contributed by atoms with E-state index in [4.69, 9.17) is 4.74 Å². The van der Waals surface area contributed by atoms with E-state index >= 15 is 0 Å². The molecule has 0 spiro atoms. The summed E-state index contributed by atoms with van der Waals surface area (Å²) in [6.45, 7) is 0.286. The van der Waals surface area contributed by atoms with Gasteiger partial charge in [-0.2, -0.15) is 0 Å². The summed E-state index contributed by atoms with van der Waals surface area (Å²) in [5, 5.41) is 1.58. The van der Waals surface area contributed by atoms with Crippen molar-refractivity contribution in [3.05, 3.63) is 89.8 Å². The predicted octanol–water partition coefficient (Wildman–Crippen LogP) is 6.33. The minimum absolute atomic E-state index is 0.0274. The Balaban J connectivity index is 1.42. The highest BCUT2D eigenvalue weighted by Gasteiger charge is 2.38. The second-order valence-corrected chi connectivity index (χ2v) is 8.14. The standard InChI is InChI=1S/C26H24FNO2/c27-25-14-13-22(23-11-4-5-12-24(23)25)19-15-20-9-6-10-21(16-19)28(20)26(29)30-17-18-7-2-1-3-8-18/h1-5,7-8,11-15,20-21H,6,9-10,16-17H2. The molecule has 1 fully saturated rings. The van der Waals surface area contributed by atoms with Gasteiger partial charge in [0.15, 0.2) is 0 Å². The van der Waals surface area contributed by atoms with Gasteiger partial charge in [0.2, 0.25) is 0 Å². The SMILES string of the molecule is O=C(OCc1ccccc1)N1C2C=C(c3ccc(F)c4ccccc34)CC1CCC2. The van der Waals surface area contributed by atoms with Crippen molar-refractivity contribution in [1.29, 1.82) is 0 Å². The Bertz CT molecular complexity index is 1110. The summed E-state index contributed by atoms with van der Waals surface area (Å²) in [5.41, 5.74) is 3.26. The Morgan fingerprint density at radius 1 is 0.967 bits per heavy atom. The Kier molecular flexibility index (Phi) is 4.99. The molecule has 1 amide bonds. The largest absolute Gasteiger partial charge is 0.445 e. The van der Waals surface area contributed by atoms with Gasteiger partial charge in [-0.1, -0.05) is 66.7 Å². The zero-order chi connectivity index (χ0) is 20.5. The first-order chi connectivity index (χ1) is 14.7. The van der Waals surface area contributed by atoms with Crippen molar-refractivity contribution in [2.75, 3.05) is 0 Å². The number of ether oxygens (including phenoxy) is 1. The van der Waals surface area contributed by atoms with E-state index in [1.165, 1.54) is 5.57 Å². The van der Waals surface area contributed by atoms with E-state index in [2.05, 4.69) is 6.08 Å². The van der Waals surface area contributed by atoms with Gasteiger partial charge >= 0.3 is 6.09 Å². The van der Waals surface area contributed by atoms with Crippen LogP contribution in [0.1, 0.15) is 36.8 Å². The van der Waals surface area contributed by atoms with Crippen LogP contribution in [0, 0.1) is 5.82 Å². The van der Waals surface area contributed by atoms with Crippen molar-refractivity contribution >= 4 is 22.4 Å². The summed E-state index contributed by atoms with van der Waals surface area (Å²) in [6, 6.07) is 21.0. The first-order valence-electron chi connectivity index (χ1n) is 10.6. The van der Waals surface area contributed by atoms with E-state index < -0.39 is 0 Å². The molecule has 2 bridgehead atoms. The monoisotopic (exact) mass is 401 g/mol. The molecule has 3 aromatic carbocycles. The maximum absolute atomic E-state index is 14.3. The lowest BCUT2D eigenvalue weighted by Gasteiger charge is -2.44. The average Bonchev–Trinajstić information content (AvgIpc) is 2.78. The molecule has 5 rings (SSSR count). The van der Waals surface area contributed by atoms with Crippen LogP contribution in [-0.4, -0.2) is 23.1 Å². The molecule has 2 unspecified atom stereocenters. The molecule has 0 saturated carbocycles. The number of fused-ring (bicyclic) bond motifs is 3. The van der Waals surface area contributed by atoms with Gasteiger partial charge < -0.3 is 4.74 Å². The summed E-state index contributed by atoms with van der Waals surface area (Å²) < 4.78 is 19.9. The van der Waals surface area contributed by atoms with Crippen molar-refractivity contribution < 1.29 is 13.9 Å². The van der Waals surface area contributed by atoms with Crippen LogP contribution in [0.15, 0.2) is 72.8 Å². The lowest BCUT2D eigenvalue weighted by Crippen LogP contribution is -2.51. The van der Waals surface area contributed by atoms with Crippen LogP contribution in [0.3, 0.4) is 0 Å². The molecule has 0 aliphatic carbocycles. The number of benzene rings is 3. The molecule has 2 aliphatic heterocycles. The van der Waals surface area contributed by atoms with Gasteiger partial charge in [-0.15, -0.1) is 0 Å². The number of amides is 1. The molecule has 4 heteroatoms. The number of nitrogens with zero attached hydrogens (tertiary/aromatic N) is 1. The first kappa shape index (κ1) is 18.9. The van der Waals surface area contributed by atoms with Gasteiger partial charge in [0, 0.05) is 11.4 Å². The smallest absolute Gasteiger partial charge is 0.410 e. The van der Waals surface area contributed by atoms with E-state index in [9.17, 15) is 9.18 Å². The van der Waals surface area contributed by atoms with Crippen LogP contribution in [0.5, 0.6) is 0 Å². The average molecular weight is 401 g/mol. The van der Waals surface area contributed by atoms with E-state index in [0.717, 1.165) is 42.2 Å². The van der Waals surface area contributed by atoms with Crippen molar-refractivity contribution in [2.45, 2.75) is 44.4 Å². The molecular formula is C26H24FNO2. The summed E-state index contributed by atoms with van der Waals surface area (Å²) in [6.07, 6.45) is 5.72. The van der Waals surface area contributed by atoms with Crippen LogP contribution in [-0.2, 0) is 11.3 Å². The number of rotatable bonds is 3. The Hall–Kier alpha value is -3.14. The molecule has 3 nitrogen and oxygen atoms in total. The number of hydrogen-bond donors (Lipinski definition) is 0. The molecule has 30 heavy (non-hydrogen) atoms. The Morgan fingerprint density at radius 3 is 2.53 bits per heavy atom. The van der Waals surface area contributed by atoms with Crippen LogP contribution in [0.4, 0.5) is 9.18 Å². The number of carbonyl (C=O) groups excluding carboxylic acids is 1. The topological polar surface area (TPSA) is 29.5 Å². The van der Waals surface area contributed by atoms with Gasteiger partial charge in [0.25, 0.3) is 0 Å². The normalized spacial score (nSPS) is 20.7. The molecule has 0 N–H and O–H groups in total. The number of piperidine rings is 1. The van der Waals surface area contributed by atoms with Crippen molar-refractivity contribution in [2.24, 2.45) is 0 Å². The molecule has 152 valence electrons. The lowest BCUT2D eigenvalue weighted by molar-refractivity contribution is 0.0510. The summed E-state index contributed by atoms with van der Waals surface area (Å²) in [4.78, 5) is 14.8. The number of halogens is 1. The number of carbonyl (C=O) groups is 1. The Morgan fingerprint density at radius 2 is 1.73 bits per heavy atom.